The summed E-state index contributed by atoms with van der Waals surface area (Å²) < 4.78 is 0. The molecule has 2 aliphatic rings. The Hall–Kier alpha value is -2.23. The second kappa shape index (κ2) is 11.7. The van der Waals surface area contributed by atoms with Crippen LogP contribution in [0, 0.1) is 5.41 Å². The van der Waals surface area contributed by atoms with Gasteiger partial charge in [-0.25, -0.2) is 4.79 Å². The lowest BCUT2D eigenvalue weighted by Crippen LogP contribution is -2.57. The molecule has 2 saturated heterocycles. The van der Waals surface area contributed by atoms with Gasteiger partial charge in [0.05, 0.1) is 17.5 Å². The zero-order chi connectivity index (χ0) is 26.4. The van der Waals surface area contributed by atoms with E-state index < -0.39 is 16.5 Å². The highest BCUT2D eigenvalue weighted by atomic mass is 32.2. The molecule has 0 aliphatic carbocycles. The normalized spacial score (nSPS) is 22.0. The predicted molar refractivity (Wildman–Crippen MR) is 140 cm³/mol. The zero-order valence-electron chi connectivity index (χ0n) is 22.0. The number of carbonyl (C=O) groups is 4. The third-order valence-corrected chi connectivity index (χ3v) is 8.19. The molecule has 198 valence electrons. The van der Waals surface area contributed by atoms with Crippen LogP contribution in [-0.4, -0.2) is 64.5 Å². The van der Waals surface area contributed by atoms with E-state index in [0.29, 0.717) is 24.6 Å². The van der Waals surface area contributed by atoms with Gasteiger partial charge < -0.3 is 26.6 Å². The molecule has 5 amide bonds. The van der Waals surface area contributed by atoms with Crippen LogP contribution in [-0.2, 0) is 14.4 Å². The SMILES string of the molecule is C=CC(C)(C)C(=O)NC(C)(C)C(=O)NCCC(C)(C)NC(=O)CCCC[C@@H]1SC[C@@H]2NC(=O)N[C@@H]21. The van der Waals surface area contributed by atoms with Crippen molar-refractivity contribution in [2.45, 2.75) is 102 Å². The Kier molecular flexibility index (Phi) is 9.67. The van der Waals surface area contributed by atoms with Gasteiger partial charge in [-0.1, -0.05) is 12.5 Å². The lowest BCUT2D eigenvalue weighted by molar-refractivity contribution is -0.135. The smallest absolute Gasteiger partial charge is 0.315 e. The molecule has 0 saturated carbocycles. The van der Waals surface area contributed by atoms with Gasteiger partial charge in [0, 0.05) is 29.5 Å². The largest absolute Gasteiger partial charge is 0.354 e. The molecule has 35 heavy (non-hydrogen) atoms. The van der Waals surface area contributed by atoms with Crippen molar-refractivity contribution < 1.29 is 19.2 Å². The molecule has 2 rings (SSSR count). The summed E-state index contributed by atoms with van der Waals surface area (Å²) in [5.41, 5.74) is -2.32. The quantitative estimate of drug-likeness (QED) is 0.148. The summed E-state index contributed by atoms with van der Waals surface area (Å²) in [6, 6.07) is 0.346. The average Bonchev–Trinajstić information content (AvgIpc) is 3.29. The molecule has 2 heterocycles. The van der Waals surface area contributed by atoms with E-state index >= 15 is 0 Å². The average molecular weight is 510 g/mol. The van der Waals surface area contributed by atoms with Crippen molar-refractivity contribution in [1.82, 2.24) is 26.6 Å². The molecule has 5 N–H and O–H groups in total. The van der Waals surface area contributed by atoms with Crippen molar-refractivity contribution in [2.24, 2.45) is 5.41 Å². The summed E-state index contributed by atoms with van der Waals surface area (Å²) in [7, 11) is 0. The van der Waals surface area contributed by atoms with E-state index in [4.69, 9.17) is 0 Å². The number of carbonyl (C=O) groups excluding carboxylic acids is 4. The maximum Gasteiger partial charge on any atom is 0.315 e. The summed E-state index contributed by atoms with van der Waals surface area (Å²) in [6.07, 6.45) is 5.27. The number of rotatable bonds is 13. The van der Waals surface area contributed by atoms with E-state index in [0.717, 1.165) is 25.0 Å². The molecule has 10 heteroatoms. The standard InChI is InChI=1S/C25H43N5O4S/c1-8-23(2,3)20(32)30-25(6,7)21(33)26-14-13-24(4,5)29-18(31)12-10-9-11-17-19-16(15-35-17)27-22(34)28-19/h8,16-17,19H,1,9-15H2,2-7H3,(H,26,33)(H,29,31)(H,30,32)(H2,27,28,34)/t16-,17-,19-/m0/s1. The van der Waals surface area contributed by atoms with E-state index in [2.05, 4.69) is 33.2 Å². The van der Waals surface area contributed by atoms with Crippen LogP contribution >= 0.6 is 11.8 Å². The van der Waals surface area contributed by atoms with Crippen LogP contribution in [0.1, 0.15) is 73.6 Å². The first-order valence-corrected chi connectivity index (χ1v) is 13.5. The molecule has 0 spiro atoms. The lowest BCUT2D eigenvalue weighted by atomic mass is 9.90. The third kappa shape index (κ3) is 8.44. The van der Waals surface area contributed by atoms with Crippen molar-refractivity contribution in [3.05, 3.63) is 12.7 Å². The van der Waals surface area contributed by atoms with Gasteiger partial charge in [0.15, 0.2) is 0 Å². The highest BCUT2D eigenvalue weighted by Gasteiger charge is 2.42. The van der Waals surface area contributed by atoms with Crippen molar-refractivity contribution in [1.29, 1.82) is 0 Å². The number of unbranched alkanes of at least 4 members (excludes halogenated alkanes) is 1. The lowest BCUT2D eigenvalue weighted by Gasteiger charge is -2.31. The minimum atomic E-state index is -1.07. The number of nitrogens with one attached hydrogen (secondary N) is 5. The van der Waals surface area contributed by atoms with Gasteiger partial charge >= 0.3 is 6.03 Å². The minimum Gasteiger partial charge on any atom is -0.354 e. The van der Waals surface area contributed by atoms with Crippen LogP contribution in [0.25, 0.3) is 0 Å². The van der Waals surface area contributed by atoms with Crippen molar-refractivity contribution in [3.8, 4) is 0 Å². The molecule has 2 fully saturated rings. The van der Waals surface area contributed by atoms with Crippen LogP contribution in [0.2, 0.25) is 0 Å². The maximum absolute atomic E-state index is 12.6. The fourth-order valence-electron chi connectivity index (χ4n) is 4.08. The van der Waals surface area contributed by atoms with Crippen LogP contribution in [0.4, 0.5) is 4.79 Å². The predicted octanol–water partition coefficient (Wildman–Crippen LogP) is 2.22. The molecular weight excluding hydrogens is 466 g/mol. The number of thioether (sulfide) groups is 1. The Labute approximate surface area is 213 Å². The summed E-state index contributed by atoms with van der Waals surface area (Å²) >= 11 is 1.88. The van der Waals surface area contributed by atoms with E-state index in [-0.39, 0.29) is 35.8 Å². The Balaban J connectivity index is 1.65. The maximum atomic E-state index is 12.6. The Bertz CT molecular complexity index is 827. The third-order valence-electron chi connectivity index (χ3n) is 6.68. The number of fused-ring (bicyclic) bond motifs is 1. The molecule has 9 nitrogen and oxygen atoms in total. The van der Waals surface area contributed by atoms with Crippen LogP contribution in [0.3, 0.4) is 0 Å². The summed E-state index contributed by atoms with van der Waals surface area (Å²) in [6.45, 7) is 14.7. The first-order valence-electron chi connectivity index (χ1n) is 12.4. The second-order valence-corrected chi connectivity index (χ2v) is 12.6. The highest BCUT2D eigenvalue weighted by Crippen LogP contribution is 2.33. The van der Waals surface area contributed by atoms with Gasteiger partial charge in [0.1, 0.15) is 5.54 Å². The van der Waals surface area contributed by atoms with Gasteiger partial charge in [-0.2, -0.15) is 11.8 Å². The molecule has 0 radical (unpaired) electrons. The highest BCUT2D eigenvalue weighted by molar-refractivity contribution is 8.00. The van der Waals surface area contributed by atoms with Crippen LogP contribution in [0.5, 0.6) is 0 Å². The molecule has 3 atom stereocenters. The van der Waals surface area contributed by atoms with Gasteiger partial charge in [-0.05, 0) is 60.8 Å². The van der Waals surface area contributed by atoms with Gasteiger partial charge in [0.25, 0.3) is 0 Å². The van der Waals surface area contributed by atoms with Gasteiger partial charge in [-0.3, -0.25) is 14.4 Å². The summed E-state index contributed by atoms with van der Waals surface area (Å²) in [4.78, 5) is 48.9. The fourth-order valence-corrected chi connectivity index (χ4v) is 5.62. The number of amides is 5. The zero-order valence-corrected chi connectivity index (χ0v) is 22.8. The Morgan fingerprint density at radius 1 is 1.06 bits per heavy atom. The Morgan fingerprint density at radius 2 is 1.74 bits per heavy atom. The molecule has 0 aromatic carbocycles. The summed E-state index contributed by atoms with van der Waals surface area (Å²) in [5.74, 6) is 0.383. The number of urea groups is 1. The van der Waals surface area contributed by atoms with Gasteiger partial charge in [0.2, 0.25) is 17.7 Å². The minimum absolute atomic E-state index is 0.00614. The summed E-state index contributed by atoms with van der Waals surface area (Å²) in [5, 5.41) is 15.0. The molecule has 0 unspecified atom stereocenters. The number of hydrogen-bond acceptors (Lipinski definition) is 5. The van der Waals surface area contributed by atoms with Crippen molar-refractivity contribution in [2.75, 3.05) is 12.3 Å². The van der Waals surface area contributed by atoms with E-state index in [1.807, 2.05) is 25.6 Å². The topological polar surface area (TPSA) is 128 Å². The Morgan fingerprint density at radius 3 is 2.40 bits per heavy atom. The first kappa shape index (κ1) is 29.0. The molecule has 2 aliphatic heterocycles. The van der Waals surface area contributed by atoms with Crippen molar-refractivity contribution in [3.63, 3.8) is 0 Å². The molecule has 0 bridgehead atoms. The van der Waals surface area contributed by atoms with Crippen molar-refractivity contribution >= 4 is 35.5 Å². The first-order chi connectivity index (χ1) is 16.2. The monoisotopic (exact) mass is 509 g/mol. The van der Waals surface area contributed by atoms with Gasteiger partial charge in [-0.15, -0.1) is 6.58 Å². The molecule has 0 aromatic rings. The van der Waals surface area contributed by atoms with Crippen LogP contribution in [0.15, 0.2) is 12.7 Å². The van der Waals surface area contributed by atoms with E-state index in [9.17, 15) is 19.2 Å². The van der Waals surface area contributed by atoms with E-state index in [1.165, 1.54) is 0 Å². The van der Waals surface area contributed by atoms with Crippen LogP contribution < -0.4 is 26.6 Å². The molecule has 0 aromatic heterocycles. The second-order valence-electron chi connectivity index (χ2n) is 11.3. The van der Waals surface area contributed by atoms with E-state index in [1.54, 1.807) is 33.8 Å². The number of hydrogen-bond donors (Lipinski definition) is 5. The molecular formula is C25H43N5O4S. The fraction of sp³-hybridized carbons (Fsp3) is 0.760.